The summed E-state index contributed by atoms with van der Waals surface area (Å²) < 4.78 is 4.80. The van der Waals surface area contributed by atoms with E-state index >= 15 is 0 Å². The molecule has 0 unspecified atom stereocenters. The standard InChI is InChI=1S/C19H20O4/c1-3-16(17(20)14-10-6-4-7-11-14)19(22,18(21)23-2)15-12-8-5-9-13-15/h4-13,16,22H,3H2,1-2H3/t16-,19-/m0/s1. The molecule has 2 rings (SSSR count). The number of carbonyl (C=O) groups is 2. The van der Waals surface area contributed by atoms with Crippen LogP contribution in [0.3, 0.4) is 0 Å². The highest BCUT2D eigenvalue weighted by Crippen LogP contribution is 2.35. The first kappa shape index (κ1) is 16.9. The van der Waals surface area contributed by atoms with Gasteiger partial charge in [0.25, 0.3) is 0 Å². The summed E-state index contributed by atoms with van der Waals surface area (Å²) in [5.41, 5.74) is -1.21. The second kappa shape index (κ2) is 7.20. The summed E-state index contributed by atoms with van der Waals surface area (Å²) in [5, 5.41) is 11.1. The molecular formula is C19H20O4. The summed E-state index contributed by atoms with van der Waals surface area (Å²) in [5.74, 6) is -2.05. The Balaban J connectivity index is 2.53. The topological polar surface area (TPSA) is 63.6 Å². The van der Waals surface area contributed by atoms with E-state index in [2.05, 4.69) is 0 Å². The van der Waals surface area contributed by atoms with Crippen molar-refractivity contribution in [1.29, 1.82) is 0 Å². The van der Waals surface area contributed by atoms with Crippen molar-refractivity contribution in [3.63, 3.8) is 0 Å². The number of Topliss-reactive ketones (excluding diaryl/α,β-unsaturated/α-hetero) is 1. The molecule has 0 aliphatic heterocycles. The fourth-order valence-electron chi connectivity index (χ4n) is 2.78. The predicted molar refractivity (Wildman–Crippen MR) is 86.9 cm³/mol. The van der Waals surface area contributed by atoms with Gasteiger partial charge in [-0.05, 0) is 12.0 Å². The van der Waals surface area contributed by atoms with Gasteiger partial charge in [-0.2, -0.15) is 0 Å². The Morgan fingerprint density at radius 1 is 1.04 bits per heavy atom. The van der Waals surface area contributed by atoms with Gasteiger partial charge in [-0.15, -0.1) is 0 Å². The summed E-state index contributed by atoms with van der Waals surface area (Å²) in [7, 11) is 1.20. The van der Waals surface area contributed by atoms with E-state index in [9.17, 15) is 14.7 Å². The van der Waals surface area contributed by atoms with Gasteiger partial charge < -0.3 is 9.84 Å². The van der Waals surface area contributed by atoms with Crippen LogP contribution in [0.4, 0.5) is 0 Å². The minimum atomic E-state index is -2.02. The van der Waals surface area contributed by atoms with Gasteiger partial charge in [0.15, 0.2) is 11.4 Å². The van der Waals surface area contributed by atoms with E-state index in [0.29, 0.717) is 17.5 Å². The van der Waals surface area contributed by atoms with E-state index in [0.717, 1.165) is 0 Å². The van der Waals surface area contributed by atoms with E-state index in [1.54, 1.807) is 67.6 Å². The van der Waals surface area contributed by atoms with Crippen LogP contribution in [0.1, 0.15) is 29.3 Å². The second-order valence-corrected chi connectivity index (χ2v) is 5.32. The monoisotopic (exact) mass is 312 g/mol. The quantitative estimate of drug-likeness (QED) is 0.658. The number of benzene rings is 2. The lowest BCUT2D eigenvalue weighted by Gasteiger charge is -2.32. The van der Waals surface area contributed by atoms with Crippen LogP contribution in [0.5, 0.6) is 0 Å². The van der Waals surface area contributed by atoms with Gasteiger partial charge in [-0.3, -0.25) is 4.79 Å². The number of methoxy groups -OCH3 is 1. The first-order chi connectivity index (χ1) is 11.1. The Morgan fingerprint density at radius 2 is 1.57 bits per heavy atom. The van der Waals surface area contributed by atoms with Crippen LogP contribution in [0.15, 0.2) is 60.7 Å². The number of esters is 1. The van der Waals surface area contributed by atoms with Gasteiger partial charge in [0.1, 0.15) is 0 Å². The Bertz CT molecular complexity index is 666. The molecule has 2 aromatic rings. The fourth-order valence-corrected chi connectivity index (χ4v) is 2.78. The summed E-state index contributed by atoms with van der Waals surface area (Å²) in [6.45, 7) is 1.77. The summed E-state index contributed by atoms with van der Waals surface area (Å²) in [6.07, 6.45) is 0.300. The molecule has 2 aromatic carbocycles. The number of ketones is 1. The zero-order valence-electron chi connectivity index (χ0n) is 13.2. The number of aliphatic hydroxyl groups is 1. The molecule has 0 heterocycles. The maximum absolute atomic E-state index is 12.8. The first-order valence-corrected chi connectivity index (χ1v) is 7.51. The van der Waals surface area contributed by atoms with Crippen molar-refractivity contribution < 1.29 is 19.4 Å². The highest BCUT2D eigenvalue weighted by Gasteiger charge is 2.49. The molecule has 1 N–H and O–H groups in total. The lowest BCUT2D eigenvalue weighted by molar-refractivity contribution is -0.168. The molecule has 4 nitrogen and oxygen atoms in total. The van der Waals surface area contributed by atoms with E-state index < -0.39 is 17.5 Å². The minimum absolute atomic E-state index is 0.287. The zero-order chi connectivity index (χ0) is 16.9. The van der Waals surface area contributed by atoms with E-state index in [4.69, 9.17) is 4.74 Å². The molecule has 0 fully saturated rings. The average molecular weight is 312 g/mol. The van der Waals surface area contributed by atoms with Gasteiger partial charge in [-0.25, -0.2) is 4.79 Å². The number of rotatable bonds is 6. The van der Waals surface area contributed by atoms with Crippen LogP contribution in [-0.2, 0) is 15.1 Å². The molecule has 120 valence electrons. The van der Waals surface area contributed by atoms with Crippen LogP contribution in [0.25, 0.3) is 0 Å². The molecule has 4 heteroatoms. The van der Waals surface area contributed by atoms with Crippen LogP contribution < -0.4 is 0 Å². The van der Waals surface area contributed by atoms with Gasteiger partial charge in [0.05, 0.1) is 13.0 Å². The number of hydrogen-bond acceptors (Lipinski definition) is 4. The van der Waals surface area contributed by atoms with Gasteiger partial charge in [0, 0.05) is 5.56 Å². The molecule has 0 aromatic heterocycles. The zero-order valence-corrected chi connectivity index (χ0v) is 13.2. The van der Waals surface area contributed by atoms with Crippen molar-refractivity contribution in [2.24, 2.45) is 5.92 Å². The minimum Gasteiger partial charge on any atom is -0.467 e. The lowest BCUT2D eigenvalue weighted by atomic mass is 9.75. The highest BCUT2D eigenvalue weighted by atomic mass is 16.5. The molecule has 0 saturated carbocycles. The smallest absolute Gasteiger partial charge is 0.343 e. The van der Waals surface area contributed by atoms with Gasteiger partial charge in [0.2, 0.25) is 0 Å². The molecule has 0 bridgehead atoms. The number of hydrogen-bond donors (Lipinski definition) is 1. The van der Waals surface area contributed by atoms with Crippen LogP contribution >= 0.6 is 0 Å². The molecule has 2 atom stereocenters. The van der Waals surface area contributed by atoms with Crippen molar-refractivity contribution in [1.82, 2.24) is 0 Å². The maximum Gasteiger partial charge on any atom is 0.343 e. The number of carbonyl (C=O) groups excluding carboxylic acids is 2. The second-order valence-electron chi connectivity index (χ2n) is 5.32. The van der Waals surface area contributed by atoms with Crippen LogP contribution in [-0.4, -0.2) is 24.0 Å². The Kier molecular flexibility index (Phi) is 5.29. The van der Waals surface area contributed by atoms with Crippen molar-refractivity contribution in [2.75, 3.05) is 7.11 Å². The normalized spacial score (nSPS) is 14.6. The maximum atomic E-state index is 12.8. The highest BCUT2D eigenvalue weighted by molar-refractivity contribution is 6.02. The summed E-state index contributed by atoms with van der Waals surface area (Å²) in [4.78, 5) is 25.2. The lowest BCUT2D eigenvalue weighted by Crippen LogP contribution is -2.47. The molecule has 23 heavy (non-hydrogen) atoms. The predicted octanol–water partition coefficient (Wildman–Crippen LogP) is 2.96. The van der Waals surface area contributed by atoms with Gasteiger partial charge >= 0.3 is 5.97 Å². The third kappa shape index (κ3) is 3.17. The Labute approximate surface area is 135 Å². The fraction of sp³-hybridized carbons (Fsp3) is 0.263. The molecule has 0 aliphatic carbocycles. The molecular weight excluding hydrogens is 292 g/mol. The average Bonchev–Trinajstić information content (AvgIpc) is 2.62. The first-order valence-electron chi connectivity index (χ1n) is 7.51. The molecule has 0 spiro atoms. The van der Waals surface area contributed by atoms with Crippen molar-refractivity contribution in [3.05, 3.63) is 71.8 Å². The third-order valence-electron chi connectivity index (χ3n) is 4.00. The summed E-state index contributed by atoms with van der Waals surface area (Å²) >= 11 is 0. The van der Waals surface area contributed by atoms with Crippen molar-refractivity contribution in [2.45, 2.75) is 18.9 Å². The van der Waals surface area contributed by atoms with Gasteiger partial charge in [-0.1, -0.05) is 67.6 Å². The van der Waals surface area contributed by atoms with Crippen LogP contribution in [0, 0.1) is 5.92 Å². The third-order valence-corrected chi connectivity index (χ3v) is 4.00. The Morgan fingerprint density at radius 3 is 2.04 bits per heavy atom. The Hall–Kier alpha value is -2.46. The van der Waals surface area contributed by atoms with E-state index in [1.807, 2.05) is 0 Å². The SMILES string of the molecule is CC[C@@H](C(=O)c1ccccc1)[C@](O)(C(=O)OC)c1ccccc1. The molecule has 0 amide bonds. The van der Waals surface area contributed by atoms with Crippen LogP contribution in [0.2, 0.25) is 0 Å². The summed E-state index contributed by atoms with van der Waals surface area (Å²) in [6, 6.07) is 17.1. The molecule has 0 radical (unpaired) electrons. The molecule has 0 saturated heterocycles. The van der Waals surface area contributed by atoms with E-state index in [-0.39, 0.29) is 5.78 Å². The van der Waals surface area contributed by atoms with Crippen molar-refractivity contribution >= 4 is 11.8 Å². The molecule has 0 aliphatic rings. The largest absolute Gasteiger partial charge is 0.467 e. The van der Waals surface area contributed by atoms with E-state index in [1.165, 1.54) is 7.11 Å². The van der Waals surface area contributed by atoms with Crippen molar-refractivity contribution in [3.8, 4) is 0 Å². The number of ether oxygens (including phenoxy) is 1.